The lowest BCUT2D eigenvalue weighted by atomic mass is 10.1. The molecule has 0 aliphatic rings. The van der Waals surface area contributed by atoms with E-state index in [0.717, 1.165) is 12.1 Å². The first-order valence-corrected chi connectivity index (χ1v) is 9.19. The Balaban J connectivity index is 2.98. The van der Waals surface area contributed by atoms with Crippen molar-refractivity contribution in [2.75, 3.05) is 12.8 Å². The molecule has 2 atom stereocenters. The predicted octanol–water partition coefficient (Wildman–Crippen LogP) is 1.74. The van der Waals surface area contributed by atoms with Crippen molar-refractivity contribution >= 4 is 19.3 Å². The maximum absolute atomic E-state index is 13.1. The number of benzene rings is 1. The molecule has 0 fully saturated rings. The minimum absolute atomic E-state index is 0.130. The fraction of sp³-hybridized carbons (Fsp3) is 0.429. The Bertz CT molecular complexity index is 723. The third-order valence-electron chi connectivity index (χ3n) is 3.24. The summed E-state index contributed by atoms with van der Waals surface area (Å²) in [7, 11) is -3.97. The first kappa shape index (κ1) is 21.9. The number of ether oxygens (including phenoxy) is 1. The molecule has 0 bridgehead atoms. The van der Waals surface area contributed by atoms with Crippen LogP contribution in [0.3, 0.4) is 0 Å². The summed E-state index contributed by atoms with van der Waals surface area (Å²) in [6, 6.07) is 1.21. The normalized spacial score (nSPS) is 15.1. The molecule has 5 N–H and O–H groups in total. The summed E-state index contributed by atoms with van der Waals surface area (Å²) in [5.74, 6) is -3.54. The molecule has 0 aromatic heterocycles. The van der Waals surface area contributed by atoms with Crippen molar-refractivity contribution in [2.45, 2.75) is 24.8 Å². The maximum atomic E-state index is 13.1. The largest absolute Gasteiger partial charge is 0.481 e. The van der Waals surface area contributed by atoms with Crippen LogP contribution in [0.25, 0.3) is 0 Å². The minimum Gasteiger partial charge on any atom is -0.481 e. The van der Waals surface area contributed by atoms with Gasteiger partial charge < -0.3 is 25.6 Å². The van der Waals surface area contributed by atoms with Crippen LogP contribution in [0, 0.1) is 0 Å². The molecule has 0 aliphatic heterocycles. The van der Waals surface area contributed by atoms with E-state index in [1.807, 2.05) is 0 Å². The zero-order valence-electron chi connectivity index (χ0n) is 13.3. The van der Waals surface area contributed by atoms with Crippen molar-refractivity contribution in [3.63, 3.8) is 0 Å². The first-order valence-electron chi connectivity index (χ1n) is 7.16. The predicted molar refractivity (Wildman–Crippen MR) is 83.2 cm³/mol. The van der Waals surface area contributed by atoms with Gasteiger partial charge in [0.2, 0.25) is 7.37 Å². The summed E-state index contributed by atoms with van der Waals surface area (Å²) in [6.07, 6.45) is -6.27. The number of carbonyl (C=O) groups is 2. The van der Waals surface area contributed by atoms with Crippen LogP contribution in [0.1, 0.15) is 17.5 Å². The smallest absolute Gasteiger partial charge is 0.419 e. The van der Waals surface area contributed by atoms with Gasteiger partial charge in [-0.1, -0.05) is 6.07 Å². The van der Waals surface area contributed by atoms with Crippen LogP contribution in [-0.4, -0.2) is 45.9 Å². The van der Waals surface area contributed by atoms with Gasteiger partial charge in [0.15, 0.2) is 6.61 Å². The van der Waals surface area contributed by atoms with Crippen molar-refractivity contribution in [2.24, 2.45) is 5.73 Å². The number of carboxylic acid groups (broad SMARTS) is 2. The average Bonchev–Trinajstić information content (AvgIpc) is 2.49. The van der Waals surface area contributed by atoms with Crippen LogP contribution < -0.4 is 10.5 Å². The Morgan fingerprint density at radius 3 is 2.38 bits per heavy atom. The van der Waals surface area contributed by atoms with Crippen LogP contribution in [-0.2, 0) is 26.5 Å². The molecule has 0 spiro atoms. The summed E-state index contributed by atoms with van der Waals surface area (Å²) in [4.78, 5) is 30.9. The molecule has 146 valence electrons. The lowest BCUT2D eigenvalue weighted by Gasteiger charge is -2.17. The van der Waals surface area contributed by atoms with Gasteiger partial charge in [0.1, 0.15) is 11.8 Å². The number of nitrogens with two attached hydrogens (primary N) is 1. The fourth-order valence-corrected chi connectivity index (χ4v) is 3.60. The quantitative estimate of drug-likeness (QED) is 0.459. The van der Waals surface area contributed by atoms with E-state index in [2.05, 4.69) is 4.74 Å². The van der Waals surface area contributed by atoms with E-state index < -0.39 is 61.8 Å². The van der Waals surface area contributed by atoms with Gasteiger partial charge in [-0.15, -0.1) is 0 Å². The number of hydrogen-bond acceptors (Lipinski definition) is 5. The maximum Gasteiger partial charge on any atom is 0.419 e. The highest BCUT2D eigenvalue weighted by Crippen LogP contribution is 2.46. The molecule has 8 nitrogen and oxygen atoms in total. The van der Waals surface area contributed by atoms with E-state index in [1.54, 1.807) is 0 Å². The van der Waals surface area contributed by atoms with Crippen LogP contribution in [0.4, 0.5) is 13.2 Å². The fourth-order valence-electron chi connectivity index (χ4n) is 1.99. The number of carboxylic acids is 2. The molecule has 12 heteroatoms. The third kappa shape index (κ3) is 7.03. The highest BCUT2D eigenvalue weighted by Gasteiger charge is 2.35. The van der Waals surface area contributed by atoms with E-state index in [1.165, 1.54) is 0 Å². The van der Waals surface area contributed by atoms with E-state index in [-0.39, 0.29) is 12.0 Å². The standard InChI is InChI=1S/C14H17F3NO7P/c15-14(16,17)9-5-8(1-2-11(9)25-6-12(19)20)7-26(23,24)4-3-10(18)13(21)22/h1-2,5,10H,3-4,6-7,18H2,(H,19,20)(H,21,22)(H,23,24). The van der Waals surface area contributed by atoms with Crippen molar-refractivity contribution in [3.05, 3.63) is 29.3 Å². The van der Waals surface area contributed by atoms with E-state index in [4.69, 9.17) is 15.9 Å². The second-order valence-electron chi connectivity index (χ2n) is 5.47. The zero-order chi connectivity index (χ0) is 20.1. The number of rotatable bonds is 9. The molecule has 0 radical (unpaired) electrons. The van der Waals surface area contributed by atoms with Gasteiger partial charge in [0, 0.05) is 12.3 Å². The molecular weight excluding hydrogens is 382 g/mol. The Hall–Kier alpha value is -2.10. The topological polar surface area (TPSA) is 147 Å². The number of hydrogen-bond donors (Lipinski definition) is 4. The minimum atomic E-state index is -4.87. The van der Waals surface area contributed by atoms with Crippen molar-refractivity contribution < 1.29 is 47.2 Å². The van der Waals surface area contributed by atoms with Crippen LogP contribution in [0.5, 0.6) is 5.75 Å². The van der Waals surface area contributed by atoms with Gasteiger partial charge in [0.25, 0.3) is 0 Å². The Morgan fingerprint density at radius 2 is 1.88 bits per heavy atom. The first-order chi connectivity index (χ1) is 11.8. The molecular formula is C14H17F3NO7P. The number of halogens is 3. The van der Waals surface area contributed by atoms with Crippen LogP contribution in [0.15, 0.2) is 18.2 Å². The van der Waals surface area contributed by atoms with Crippen molar-refractivity contribution in [1.29, 1.82) is 0 Å². The average molecular weight is 399 g/mol. The third-order valence-corrected chi connectivity index (χ3v) is 5.05. The second-order valence-corrected chi connectivity index (χ2v) is 7.93. The molecule has 0 saturated carbocycles. The van der Waals surface area contributed by atoms with E-state index in [0.29, 0.717) is 6.07 Å². The molecule has 0 amide bonds. The summed E-state index contributed by atoms with van der Waals surface area (Å²) in [5, 5.41) is 17.1. The molecule has 1 aromatic rings. The van der Waals surface area contributed by atoms with Crippen LogP contribution >= 0.6 is 7.37 Å². The van der Waals surface area contributed by atoms with Gasteiger partial charge in [-0.05, 0) is 24.1 Å². The molecule has 0 heterocycles. The molecule has 1 aromatic carbocycles. The van der Waals surface area contributed by atoms with Gasteiger partial charge in [-0.25, -0.2) is 4.79 Å². The van der Waals surface area contributed by atoms with Crippen LogP contribution in [0.2, 0.25) is 0 Å². The Morgan fingerprint density at radius 1 is 1.27 bits per heavy atom. The molecule has 1 rings (SSSR count). The van der Waals surface area contributed by atoms with Crippen molar-refractivity contribution in [1.82, 2.24) is 0 Å². The molecule has 26 heavy (non-hydrogen) atoms. The summed E-state index contributed by atoms with van der Waals surface area (Å²) >= 11 is 0. The van der Waals surface area contributed by atoms with Gasteiger partial charge in [-0.3, -0.25) is 9.36 Å². The number of alkyl halides is 3. The summed E-state index contributed by atoms with van der Waals surface area (Å²) < 4.78 is 55.9. The highest BCUT2D eigenvalue weighted by molar-refractivity contribution is 7.57. The van der Waals surface area contributed by atoms with E-state index in [9.17, 15) is 32.2 Å². The van der Waals surface area contributed by atoms with Crippen molar-refractivity contribution in [3.8, 4) is 5.75 Å². The zero-order valence-corrected chi connectivity index (χ0v) is 14.2. The highest BCUT2D eigenvalue weighted by atomic mass is 31.2. The van der Waals surface area contributed by atoms with Gasteiger partial charge in [0.05, 0.1) is 5.56 Å². The SMILES string of the molecule is NC(CCP(=O)(O)Cc1ccc(OCC(=O)O)c(C(F)(F)F)c1)C(=O)O. The molecule has 0 saturated heterocycles. The second kappa shape index (κ2) is 8.52. The molecule has 0 aliphatic carbocycles. The van der Waals surface area contributed by atoms with E-state index >= 15 is 0 Å². The summed E-state index contributed by atoms with van der Waals surface area (Å²) in [5.41, 5.74) is 3.82. The number of aliphatic carboxylic acids is 2. The van der Waals surface area contributed by atoms with Gasteiger partial charge >= 0.3 is 18.1 Å². The van der Waals surface area contributed by atoms with Gasteiger partial charge in [-0.2, -0.15) is 13.2 Å². The summed E-state index contributed by atoms with van der Waals surface area (Å²) in [6.45, 7) is -0.978. The monoisotopic (exact) mass is 399 g/mol. The molecule has 2 unspecified atom stereocenters. The lowest BCUT2D eigenvalue weighted by Crippen LogP contribution is -2.30. The Kier molecular flexibility index (Phi) is 7.19. The lowest BCUT2D eigenvalue weighted by molar-refractivity contribution is -0.143. The Labute approximate surface area is 145 Å².